The first-order chi connectivity index (χ1) is 24.4. The fourth-order valence-corrected chi connectivity index (χ4v) is 6.26. The number of nitrogens with one attached hydrogen (secondary N) is 1. The molecule has 0 bridgehead atoms. The van der Waals surface area contributed by atoms with Crippen LogP contribution < -0.4 is 0 Å². The predicted molar refractivity (Wildman–Crippen MR) is 177 cm³/mol. The fourth-order valence-electron chi connectivity index (χ4n) is 6.26. The van der Waals surface area contributed by atoms with E-state index in [-0.39, 0.29) is 31.1 Å². The Morgan fingerprint density at radius 2 is 1.67 bits per heavy atom. The molecule has 2 N–H and O–H groups in total. The van der Waals surface area contributed by atoms with Gasteiger partial charge in [-0.3, -0.25) is 4.79 Å². The third-order valence-corrected chi connectivity index (χ3v) is 8.47. The molecule has 2 aromatic heterocycles. The van der Waals surface area contributed by atoms with Crippen LogP contribution in [0.2, 0.25) is 0 Å². The zero-order chi connectivity index (χ0) is 36.3. The van der Waals surface area contributed by atoms with E-state index in [1.807, 2.05) is 55.5 Å². The molecule has 1 unspecified atom stereocenters. The minimum absolute atomic E-state index is 0.0109. The molecule has 4 aromatic rings. The number of nitrogens with zero attached hydrogens (tertiary/aromatic N) is 5. The summed E-state index contributed by atoms with van der Waals surface area (Å²) in [5.41, 5.74) is 2.18. The quantitative estimate of drug-likeness (QED) is 0.123. The predicted octanol–water partition coefficient (Wildman–Crippen LogP) is 3.71. The second-order valence-electron chi connectivity index (χ2n) is 12.8. The molecule has 16 nitrogen and oxygen atoms in total. The summed E-state index contributed by atoms with van der Waals surface area (Å²) >= 11 is 0. The van der Waals surface area contributed by atoms with Gasteiger partial charge in [-0.15, -0.1) is 10.2 Å². The molecule has 270 valence electrons. The topological polar surface area (TPSA) is 199 Å². The largest absolute Gasteiger partial charge is 0.511 e. The number of benzene rings is 2. The fraction of sp³-hybridized carbons (Fsp3) is 0.457. The molecule has 0 spiro atoms. The van der Waals surface area contributed by atoms with Gasteiger partial charge >= 0.3 is 18.1 Å². The van der Waals surface area contributed by atoms with E-state index in [4.69, 9.17) is 28.4 Å². The highest BCUT2D eigenvalue weighted by molar-refractivity contribution is 5.89. The van der Waals surface area contributed by atoms with Gasteiger partial charge in [0, 0.05) is 32.4 Å². The van der Waals surface area contributed by atoms with Gasteiger partial charge in [-0.1, -0.05) is 55.5 Å². The van der Waals surface area contributed by atoms with E-state index >= 15 is 0 Å². The molecule has 2 aliphatic heterocycles. The van der Waals surface area contributed by atoms with Gasteiger partial charge in [0.05, 0.1) is 13.2 Å². The highest BCUT2D eigenvalue weighted by Gasteiger charge is 2.51. The first-order valence-corrected chi connectivity index (χ1v) is 16.7. The van der Waals surface area contributed by atoms with E-state index in [0.29, 0.717) is 18.1 Å². The van der Waals surface area contributed by atoms with Crippen molar-refractivity contribution < 1.29 is 47.9 Å². The Bertz CT molecular complexity index is 1850. The smallest absolute Gasteiger partial charge is 0.457 e. The van der Waals surface area contributed by atoms with Crippen LogP contribution >= 0.6 is 0 Å². The molecule has 5 atom stereocenters. The van der Waals surface area contributed by atoms with Crippen molar-refractivity contribution in [2.75, 3.05) is 13.2 Å². The number of ether oxygens (including phenoxy) is 6. The lowest BCUT2D eigenvalue weighted by Crippen LogP contribution is -2.36. The third kappa shape index (κ3) is 7.92. The number of aliphatic hydroxyl groups is 1. The second kappa shape index (κ2) is 15.0. The number of H-pyrrole nitrogens is 1. The molecule has 2 fully saturated rings. The number of hydrogen-bond acceptors (Lipinski definition) is 14. The van der Waals surface area contributed by atoms with Crippen LogP contribution in [0.3, 0.4) is 0 Å². The van der Waals surface area contributed by atoms with Gasteiger partial charge in [-0.2, -0.15) is 5.21 Å². The summed E-state index contributed by atoms with van der Waals surface area (Å²) in [5.74, 6) is -0.258. The average molecular weight is 705 g/mol. The zero-order valence-corrected chi connectivity index (χ0v) is 28.9. The molecular formula is C35H40N6O10. The molecule has 0 radical (unpaired) electrons. The molecule has 4 heterocycles. The summed E-state index contributed by atoms with van der Waals surface area (Å²) in [6.45, 7) is 8.08. The zero-order valence-electron chi connectivity index (χ0n) is 28.9. The van der Waals surface area contributed by atoms with Crippen molar-refractivity contribution in [1.29, 1.82) is 0 Å². The summed E-state index contributed by atoms with van der Waals surface area (Å²) < 4.78 is 34.5. The lowest BCUT2D eigenvalue weighted by Gasteiger charge is -2.21. The van der Waals surface area contributed by atoms with Crippen molar-refractivity contribution in [1.82, 2.24) is 30.2 Å². The molecule has 2 saturated heterocycles. The first kappa shape index (κ1) is 35.6. The molecule has 0 amide bonds. The Hall–Kier alpha value is -5.19. The first-order valence-electron chi connectivity index (χ1n) is 16.7. The van der Waals surface area contributed by atoms with Gasteiger partial charge in [0.25, 0.3) is 0 Å². The van der Waals surface area contributed by atoms with Crippen LogP contribution in [0.15, 0.2) is 48.5 Å². The SMILES string of the molecule is CCCc1nc(C(C)(C)O)c(C(=O)OC(C)OC(=O)O[C@H]2CO[C@H]3[C@@H]2OC[C@@H]3OC(C)=O)n1Cc1ccc(-c2ccccc2-c2nn[nH]n2)cc1. The van der Waals surface area contributed by atoms with Gasteiger partial charge in [-0.05, 0) is 42.2 Å². The Kier molecular flexibility index (Phi) is 10.5. The normalized spacial score (nSPS) is 20.4. The summed E-state index contributed by atoms with van der Waals surface area (Å²) in [6.07, 6.45) is -3.87. The number of fused-ring (bicyclic) bond motifs is 1. The number of aromatic amines is 1. The van der Waals surface area contributed by atoms with Gasteiger partial charge in [-0.25, -0.2) is 14.6 Å². The lowest BCUT2D eigenvalue weighted by molar-refractivity contribution is -0.151. The van der Waals surface area contributed by atoms with Gasteiger partial charge < -0.3 is 38.1 Å². The number of aryl methyl sites for hydroxylation is 1. The number of hydrogen-bond donors (Lipinski definition) is 2. The summed E-state index contributed by atoms with van der Waals surface area (Å²) in [5, 5.41) is 25.5. The standard InChI is InChI=1S/C35H40N6O10/c1-6-9-27-36-31(35(4,5)45)28(33(43)49-20(3)50-34(44)51-26-18-47-29-25(48-19(2)42)17-46-30(26)29)41(27)16-21-12-14-22(15-13-21)23-10-7-8-11-24(23)32-37-39-40-38-32/h7-8,10-15,20,25-26,29-30,45H,6,9,16-18H2,1-5H3,(H,37,38,39,40)/t20?,25-,26-,29+,30+/m0/s1. The second-order valence-corrected chi connectivity index (χ2v) is 12.8. The van der Waals surface area contributed by atoms with E-state index in [1.54, 1.807) is 4.57 Å². The number of carbonyl (C=O) groups excluding carboxylic acids is 3. The average Bonchev–Trinajstić information content (AvgIpc) is 3.88. The number of carbonyl (C=O) groups is 3. The summed E-state index contributed by atoms with van der Waals surface area (Å²) in [6, 6.07) is 15.5. The van der Waals surface area contributed by atoms with Gasteiger partial charge in [0.2, 0.25) is 12.1 Å². The Balaban J connectivity index is 1.17. The lowest BCUT2D eigenvalue weighted by atomic mass is 9.98. The van der Waals surface area contributed by atoms with E-state index < -0.39 is 54.4 Å². The maximum absolute atomic E-state index is 13.8. The van der Waals surface area contributed by atoms with Crippen LogP contribution in [0.4, 0.5) is 4.79 Å². The minimum atomic E-state index is -1.50. The van der Waals surface area contributed by atoms with Crippen LogP contribution in [-0.2, 0) is 51.8 Å². The molecule has 2 aliphatic rings. The highest BCUT2D eigenvalue weighted by Crippen LogP contribution is 2.33. The molecule has 6 rings (SSSR count). The molecule has 16 heteroatoms. The van der Waals surface area contributed by atoms with Gasteiger partial charge in [0.15, 0.2) is 17.9 Å². The summed E-state index contributed by atoms with van der Waals surface area (Å²) in [4.78, 5) is 42.6. The Morgan fingerprint density at radius 3 is 2.27 bits per heavy atom. The number of esters is 2. The van der Waals surface area contributed by atoms with Crippen molar-refractivity contribution in [3.05, 3.63) is 71.3 Å². The molecule has 51 heavy (non-hydrogen) atoms. The van der Waals surface area contributed by atoms with Crippen molar-refractivity contribution in [2.45, 2.75) is 90.3 Å². The van der Waals surface area contributed by atoms with E-state index in [0.717, 1.165) is 28.7 Å². The Morgan fingerprint density at radius 1 is 1.00 bits per heavy atom. The number of rotatable bonds is 12. The monoisotopic (exact) mass is 704 g/mol. The summed E-state index contributed by atoms with van der Waals surface area (Å²) in [7, 11) is 0. The van der Waals surface area contributed by atoms with Crippen molar-refractivity contribution >= 4 is 18.1 Å². The number of tetrazole rings is 1. The van der Waals surface area contributed by atoms with Crippen molar-refractivity contribution in [2.24, 2.45) is 0 Å². The molecule has 0 saturated carbocycles. The van der Waals surface area contributed by atoms with Crippen LogP contribution in [0, 0.1) is 0 Å². The van der Waals surface area contributed by atoms with Crippen LogP contribution in [-0.4, -0.2) is 97.3 Å². The van der Waals surface area contributed by atoms with Crippen LogP contribution in [0.25, 0.3) is 22.5 Å². The van der Waals surface area contributed by atoms with E-state index in [9.17, 15) is 19.5 Å². The molecular weight excluding hydrogens is 664 g/mol. The van der Waals surface area contributed by atoms with E-state index in [2.05, 4.69) is 25.6 Å². The van der Waals surface area contributed by atoms with Crippen molar-refractivity contribution in [3.63, 3.8) is 0 Å². The number of aromatic nitrogens is 6. The number of imidazole rings is 1. The van der Waals surface area contributed by atoms with Crippen LogP contribution in [0.1, 0.15) is 68.6 Å². The maximum atomic E-state index is 13.8. The third-order valence-electron chi connectivity index (χ3n) is 8.47. The maximum Gasteiger partial charge on any atom is 0.511 e. The van der Waals surface area contributed by atoms with Crippen LogP contribution in [0.5, 0.6) is 0 Å². The minimum Gasteiger partial charge on any atom is -0.457 e. The Labute approximate surface area is 293 Å². The van der Waals surface area contributed by atoms with Gasteiger partial charge in [0.1, 0.15) is 29.3 Å². The highest BCUT2D eigenvalue weighted by atomic mass is 16.8. The molecule has 2 aromatic carbocycles. The van der Waals surface area contributed by atoms with E-state index in [1.165, 1.54) is 27.7 Å². The molecule has 0 aliphatic carbocycles. The van der Waals surface area contributed by atoms with Crippen molar-refractivity contribution in [3.8, 4) is 22.5 Å².